The number of rotatable bonds is 4. The fraction of sp³-hybridized carbons (Fsp3) is 0.0769. The molecule has 1 aromatic carbocycles. The summed E-state index contributed by atoms with van der Waals surface area (Å²) in [5.41, 5.74) is 5.82. The molecule has 5 nitrogen and oxygen atoms in total. The number of anilines is 1. The summed E-state index contributed by atoms with van der Waals surface area (Å²) in [4.78, 5) is 15.6. The Morgan fingerprint density at radius 3 is 2.65 bits per heavy atom. The third kappa shape index (κ3) is 3.45. The molecule has 1 aromatic heterocycles. The van der Waals surface area contributed by atoms with Crippen molar-refractivity contribution in [3.05, 3.63) is 52.4 Å². The minimum atomic E-state index is -0.615. The summed E-state index contributed by atoms with van der Waals surface area (Å²) >= 11 is 3.28. The molecule has 1 heterocycles. The Morgan fingerprint density at radius 1 is 1.35 bits per heavy atom. The fourth-order valence-electron chi connectivity index (χ4n) is 1.45. The second-order valence-electron chi connectivity index (χ2n) is 3.80. The molecule has 0 spiro atoms. The Balaban J connectivity index is 1.99. The van der Waals surface area contributed by atoms with Crippen LogP contribution in [0.5, 0.6) is 5.88 Å². The van der Waals surface area contributed by atoms with Gasteiger partial charge < -0.3 is 4.74 Å². The van der Waals surface area contributed by atoms with Crippen molar-refractivity contribution in [2.45, 2.75) is 0 Å². The Morgan fingerprint density at radius 2 is 2.05 bits per heavy atom. The lowest BCUT2D eigenvalue weighted by Gasteiger charge is -2.09. The highest BCUT2D eigenvalue weighted by molar-refractivity contribution is 9.10. The van der Waals surface area contributed by atoms with Gasteiger partial charge in [-0.2, -0.15) is 0 Å². The highest BCUT2D eigenvalue weighted by Crippen LogP contribution is 2.16. The quantitative estimate of drug-likeness (QED) is 0.840. The first-order valence-electron chi connectivity index (χ1n) is 5.61. The summed E-state index contributed by atoms with van der Waals surface area (Å²) in [6.07, 6.45) is 1.35. The van der Waals surface area contributed by atoms with Gasteiger partial charge in [-0.05, 0) is 24.3 Å². The minimum Gasteiger partial charge on any atom is -0.479 e. The summed E-state index contributed by atoms with van der Waals surface area (Å²) < 4.78 is 19.0. The Hall–Kier alpha value is -2.15. The lowest BCUT2D eigenvalue weighted by Crippen LogP contribution is -2.29. The van der Waals surface area contributed by atoms with Gasteiger partial charge in [0, 0.05) is 16.1 Å². The molecule has 7 heteroatoms. The molecule has 0 aliphatic rings. The third-order valence-electron chi connectivity index (χ3n) is 2.43. The number of aromatic nitrogens is 1. The Kier molecular flexibility index (Phi) is 4.52. The number of pyridine rings is 1. The van der Waals surface area contributed by atoms with Crippen LogP contribution in [0, 0.1) is 5.82 Å². The molecule has 0 unspecified atom stereocenters. The van der Waals surface area contributed by atoms with E-state index in [1.165, 1.54) is 19.4 Å². The maximum absolute atomic E-state index is 13.4. The van der Waals surface area contributed by atoms with Crippen LogP contribution in [0.15, 0.2) is 41.0 Å². The molecule has 2 aromatic rings. The van der Waals surface area contributed by atoms with E-state index in [1.54, 1.807) is 24.3 Å². The van der Waals surface area contributed by atoms with Gasteiger partial charge in [0.15, 0.2) is 5.82 Å². The number of halogens is 2. The van der Waals surface area contributed by atoms with E-state index < -0.39 is 5.82 Å². The molecule has 0 atom stereocenters. The first kappa shape index (κ1) is 14.3. The van der Waals surface area contributed by atoms with Gasteiger partial charge in [-0.15, -0.1) is 0 Å². The number of carbonyl (C=O) groups excluding carboxylic acids is 1. The van der Waals surface area contributed by atoms with Crippen molar-refractivity contribution in [1.82, 2.24) is 10.4 Å². The molecule has 0 aliphatic heterocycles. The molecule has 0 radical (unpaired) electrons. The number of carbonyl (C=O) groups is 1. The van der Waals surface area contributed by atoms with Gasteiger partial charge >= 0.3 is 0 Å². The zero-order chi connectivity index (χ0) is 14.5. The first-order valence-corrected chi connectivity index (χ1v) is 6.41. The number of ether oxygens (including phenoxy) is 1. The molecule has 0 bridgehead atoms. The van der Waals surface area contributed by atoms with Crippen LogP contribution in [-0.4, -0.2) is 18.0 Å². The zero-order valence-corrected chi connectivity index (χ0v) is 12.1. The topological polar surface area (TPSA) is 63.2 Å². The van der Waals surface area contributed by atoms with E-state index in [2.05, 4.69) is 31.8 Å². The van der Waals surface area contributed by atoms with Crippen LogP contribution >= 0.6 is 15.9 Å². The summed E-state index contributed by atoms with van der Waals surface area (Å²) in [6.45, 7) is 0. The number of hydrogen-bond donors (Lipinski definition) is 2. The van der Waals surface area contributed by atoms with Crippen LogP contribution in [0.25, 0.3) is 0 Å². The average Bonchev–Trinajstić information content (AvgIpc) is 2.45. The lowest BCUT2D eigenvalue weighted by molar-refractivity contribution is 0.0962. The molecule has 2 rings (SSSR count). The van der Waals surface area contributed by atoms with E-state index >= 15 is 0 Å². The van der Waals surface area contributed by atoms with Crippen LogP contribution < -0.4 is 15.6 Å². The standard InChI is InChI=1S/C13H11BrFN3O2/c1-20-13-11(15)6-10(7-16-13)17-18-12(19)8-2-4-9(14)5-3-8/h2-7,17H,1H3,(H,18,19). The van der Waals surface area contributed by atoms with Crippen LogP contribution in [0.4, 0.5) is 10.1 Å². The van der Waals surface area contributed by atoms with E-state index in [1.807, 2.05) is 0 Å². The predicted octanol–water partition coefficient (Wildman–Crippen LogP) is 2.75. The fourth-order valence-corrected chi connectivity index (χ4v) is 1.71. The van der Waals surface area contributed by atoms with E-state index in [4.69, 9.17) is 4.74 Å². The second-order valence-corrected chi connectivity index (χ2v) is 4.72. The van der Waals surface area contributed by atoms with Gasteiger partial charge in [0.2, 0.25) is 5.88 Å². The predicted molar refractivity (Wildman–Crippen MR) is 76.0 cm³/mol. The van der Waals surface area contributed by atoms with Gasteiger partial charge in [-0.25, -0.2) is 9.37 Å². The van der Waals surface area contributed by atoms with Gasteiger partial charge in [0.1, 0.15) is 0 Å². The van der Waals surface area contributed by atoms with Crippen LogP contribution in [0.2, 0.25) is 0 Å². The van der Waals surface area contributed by atoms with Crippen molar-refractivity contribution in [2.24, 2.45) is 0 Å². The normalized spacial score (nSPS) is 9.95. The number of nitrogens with one attached hydrogen (secondary N) is 2. The molecule has 20 heavy (non-hydrogen) atoms. The van der Waals surface area contributed by atoms with E-state index in [0.29, 0.717) is 11.3 Å². The summed E-state index contributed by atoms with van der Waals surface area (Å²) in [5.74, 6) is -1.06. The highest BCUT2D eigenvalue weighted by atomic mass is 79.9. The maximum Gasteiger partial charge on any atom is 0.269 e. The number of hydrazine groups is 1. The van der Waals surface area contributed by atoms with Gasteiger partial charge in [0.25, 0.3) is 5.91 Å². The van der Waals surface area contributed by atoms with Crippen molar-refractivity contribution < 1.29 is 13.9 Å². The molecule has 1 amide bonds. The molecule has 2 N–H and O–H groups in total. The number of nitrogens with zero attached hydrogens (tertiary/aromatic N) is 1. The average molecular weight is 340 g/mol. The highest BCUT2D eigenvalue weighted by Gasteiger charge is 2.07. The summed E-state index contributed by atoms with van der Waals surface area (Å²) in [7, 11) is 1.33. The Bertz CT molecular complexity index is 620. The van der Waals surface area contributed by atoms with Gasteiger partial charge in [-0.3, -0.25) is 15.6 Å². The number of benzene rings is 1. The van der Waals surface area contributed by atoms with Gasteiger partial charge in [-0.1, -0.05) is 15.9 Å². The van der Waals surface area contributed by atoms with Crippen molar-refractivity contribution in [3.8, 4) is 5.88 Å². The SMILES string of the molecule is COc1ncc(NNC(=O)c2ccc(Br)cc2)cc1F. The molecular weight excluding hydrogens is 329 g/mol. The number of hydrogen-bond acceptors (Lipinski definition) is 4. The van der Waals surface area contributed by atoms with E-state index in [-0.39, 0.29) is 11.8 Å². The first-order chi connectivity index (χ1) is 9.60. The zero-order valence-electron chi connectivity index (χ0n) is 10.5. The van der Waals surface area contributed by atoms with E-state index in [0.717, 1.165) is 4.47 Å². The second kappa shape index (κ2) is 6.33. The monoisotopic (exact) mass is 339 g/mol. The lowest BCUT2D eigenvalue weighted by atomic mass is 10.2. The molecule has 0 aliphatic carbocycles. The van der Waals surface area contributed by atoms with Crippen molar-refractivity contribution in [1.29, 1.82) is 0 Å². The van der Waals surface area contributed by atoms with Crippen molar-refractivity contribution in [2.75, 3.05) is 12.5 Å². The number of amides is 1. The van der Waals surface area contributed by atoms with Gasteiger partial charge in [0.05, 0.1) is 19.0 Å². The summed E-state index contributed by atoms with van der Waals surface area (Å²) in [5, 5.41) is 0. The largest absolute Gasteiger partial charge is 0.479 e. The number of methoxy groups -OCH3 is 1. The van der Waals surface area contributed by atoms with Crippen LogP contribution in [0.3, 0.4) is 0 Å². The molecule has 0 saturated carbocycles. The summed E-state index contributed by atoms with van der Waals surface area (Å²) in [6, 6.07) is 8.00. The smallest absolute Gasteiger partial charge is 0.269 e. The minimum absolute atomic E-state index is 0.102. The Labute approximate surface area is 123 Å². The molecular formula is C13H11BrFN3O2. The molecule has 0 fully saturated rings. The van der Waals surface area contributed by atoms with Crippen molar-refractivity contribution >= 4 is 27.5 Å². The molecule has 0 saturated heterocycles. The molecule has 104 valence electrons. The van der Waals surface area contributed by atoms with Crippen LogP contribution in [-0.2, 0) is 0 Å². The van der Waals surface area contributed by atoms with E-state index in [9.17, 15) is 9.18 Å². The van der Waals surface area contributed by atoms with Crippen molar-refractivity contribution in [3.63, 3.8) is 0 Å². The third-order valence-corrected chi connectivity index (χ3v) is 2.96. The maximum atomic E-state index is 13.4. The van der Waals surface area contributed by atoms with Crippen LogP contribution in [0.1, 0.15) is 10.4 Å².